The molecule has 2 aromatic carbocycles. The third kappa shape index (κ3) is 5.76. The lowest BCUT2D eigenvalue weighted by Gasteiger charge is -2.26. The predicted octanol–water partition coefficient (Wildman–Crippen LogP) is 4.25. The van der Waals surface area contributed by atoms with Crippen LogP contribution in [0.4, 0.5) is 0 Å². The van der Waals surface area contributed by atoms with E-state index in [1.165, 1.54) is 30.1 Å². The molecule has 4 aromatic rings. The van der Waals surface area contributed by atoms with Crippen molar-refractivity contribution in [2.75, 3.05) is 27.4 Å². The number of esters is 2. The molecule has 0 amide bonds. The lowest BCUT2D eigenvalue weighted by atomic mass is 9.95. The van der Waals surface area contributed by atoms with E-state index in [1.807, 2.05) is 0 Å². The number of nitrogens with zero attached hydrogens (tertiary/aromatic N) is 2. The fourth-order valence-corrected chi connectivity index (χ4v) is 5.87. The van der Waals surface area contributed by atoms with E-state index in [4.69, 9.17) is 23.4 Å². The smallest absolute Gasteiger partial charge is 0.338 e. The van der Waals surface area contributed by atoms with Crippen molar-refractivity contribution in [1.82, 2.24) is 4.57 Å². The van der Waals surface area contributed by atoms with Gasteiger partial charge in [0.25, 0.3) is 5.56 Å². The van der Waals surface area contributed by atoms with E-state index in [0.717, 1.165) is 5.56 Å². The number of rotatable bonds is 9. The molecule has 0 N–H and O–H groups in total. The molecule has 1 aliphatic heterocycles. The Hall–Kier alpha value is -4.90. The van der Waals surface area contributed by atoms with Gasteiger partial charge in [0.1, 0.15) is 29.1 Å². The monoisotopic (exact) mass is 602 g/mol. The SMILES string of the molecule is CCOC(=O)C1=C(C)N=c2sc(=Cc3ccc(-c4ccc(C(=O)OCC)cc4)o3)c(=O)n2[C@@H]1c1cc(OC)ccc1OC. The Morgan fingerprint density at radius 1 is 0.977 bits per heavy atom. The third-order valence-corrected chi connectivity index (χ3v) is 7.81. The molecule has 2 aromatic heterocycles. The van der Waals surface area contributed by atoms with Gasteiger partial charge >= 0.3 is 11.9 Å². The second-order valence-electron chi connectivity index (χ2n) is 9.41. The highest BCUT2D eigenvalue weighted by Gasteiger charge is 2.35. The highest BCUT2D eigenvalue weighted by Crippen LogP contribution is 2.37. The van der Waals surface area contributed by atoms with Gasteiger partial charge in [-0.1, -0.05) is 23.5 Å². The van der Waals surface area contributed by atoms with Crippen molar-refractivity contribution in [3.63, 3.8) is 0 Å². The molecule has 0 saturated carbocycles. The van der Waals surface area contributed by atoms with Crippen LogP contribution >= 0.6 is 11.3 Å². The summed E-state index contributed by atoms with van der Waals surface area (Å²) in [5.41, 5.74) is 2.07. The number of allylic oxidation sites excluding steroid dienone is 1. The number of carbonyl (C=O) groups is 2. The number of aromatic nitrogens is 1. The molecule has 3 heterocycles. The summed E-state index contributed by atoms with van der Waals surface area (Å²) in [6.07, 6.45) is 1.64. The highest BCUT2D eigenvalue weighted by molar-refractivity contribution is 7.07. The number of fused-ring (bicyclic) bond motifs is 1. The van der Waals surface area contributed by atoms with Gasteiger partial charge in [-0.3, -0.25) is 9.36 Å². The van der Waals surface area contributed by atoms with Gasteiger partial charge in [-0.05, 0) is 63.2 Å². The molecule has 0 radical (unpaired) electrons. The number of hydrogen-bond acceptors (Lipinski definition) is 10. The molecule has 1 aliphatic rings. The number of hydrogen-bond donors (Lipinski definition) is 0. The van der Waals surface area contributed by atoms with Crippen LogP contribution in [0.2, 0.25) is 0 Å². The summed E-state index contributed by atoms with van der Waals surface area (Å²) in [5, 5.41) is 0. The Balaban J connectivity index is 1.60. The van der Waals surface area contributed by atoms with Crippen LogP contribution in [0.25, 0.3) is 17.4 Å². The molecule has 10 nitrogen and oxygen atoms in total. The average Bonchev–Trinajstić information content (AvgIpc) is 3.60. The fourth-order valence-electron chi connectivity index (χ4n) is 4.84. The summed E-state index contributed by atoms with van der Waals surface area (Å²) in [4.78, 5) is 44.2. The van der Waals surface area contributed by atoms with E-state index in [-0.39, 0.29) is 17.7 Å². The molecule has 222 valence electrons. The first-order valence-electron chi connectivity index (χ1n) is 13.6. The molecule has 5 rings (SSSR count). The molecular weight excluding hydrogens is 572 g/mol. The maximum absolute atomic E-state index is 14.0. The molecule has 0 spiro atoms. The van der Waals surface area contributed by atoms with Gasteiger partial charge in [-0.2, -0.15) is 0 Å². The molecule has 1 atom stereocenters. The van der Waals surface area contributed by atoms with Crippen LogP contribution in [0.15, 0.2) is 80.1 Å². The number of furan rings is 1. The van der Waals surface area contributed by atoms with E-state index in [9.17, 15) is 14.4 Å². The van der Waals surface area contributed by atoms with Gasteiger partial charge in [0, 0.05) is 17.2 Å². The molecule has 0 aliphatic carbocycles. The summed E-state index contributed by atoms with van der Waals surface area (Å²) in [6.45, 7) is 5.65. The summed E-state index contributed by atoms with van der Waals surface area (Å²) in [6, 6.07) is 14.8. The number of carbonyl (C=O) groups excluding carboxylic acids is 2. The number of thiazole rings is 1. The second kappa shape index (κ2) is 12.5. The number of methoxy groups -OCH3 is 2. The number of ether oxygens (including phenoxy) is 4. The summed E-state index contributed by atoms with van der Waals surface area (Å²) in [5.74, 6) is 1.06. The van der Waals surface area contributed by atoms with E-state index in [1.54, 1.807) is 81.4 Å². The van der Waals surface area contributed by atoms with E-state index < -0.39 is 18.0 Å². The van der Waals surface area contributed by atoms with Gasteiger partial charge in [0.2, 0.25) is 0 Å². The predicted molar refractivity (Wildman–Crippen MR) is 160 cm³/mol. The summed E-state index contributed by atoms with van der Waals surface area (Å²) in [7, 11) is 3.06. The van der Waals surface area contributed by atoms with Crippen LogP contribution in [-0.4, -0.2) is 43.9 Å². The molecule has 0 bridgehead atoms. The standard InChI is InChI=1S/C32H30N2O8S/c1-6-40-30(36)20-10-8-19(9-11-20)24-14-13-22(42-24)17-26-29(35)34-28(23-16-21(38-4)12-15-25(23)39-5)27(31(37)41-7-2)18(3)33-32(34)43-26/h8-17,28H,6-7H2,1-5H3/t28-/m1/s1. The maximum atomic E-state index is 14.0. The zero-order chi connectivity index (χ0) is 30.7. The van der Waals surface area contributed by atoms with Crippen molar-refractivity contribution in [2.24, 2.45) is 4.99 Å². The topological polar surface area (TPSA) is 119 Å². The van der Waals surface area contributed by atoms with Crippen LogP contribution in [-0.2, 0) is 14.3 Å². The van der Waals surface area contributed by atoms with Crippen molar-refractivity contribution in [1.29, 1.82) is 0 Å². The van der Waals surface area contributed by atoms with Crippen LogP contribution in [0.3, 0.4) is 0 Å². The average molecular weight is 603 g/mol. The summed E-state index contributed by atoms with van der Waals surface area (Å²) >= 11 is 1.18. The Bertz CT molecular complexity index is 1900. The van der Waals surface area contributed by atoms with Gasteiger partial charge in [0.15, 0.2) is 4.80 Å². The molecular formula is C32H30N2O8S. The largest absolute Gasteiger partial charge is 0.497 e. The molecule has 0 fully saturated rings. The lowest BCUT2D eigenvalue weighted by Crippen LogP contribution is -2.40. The van der Waals surface area contributed by atoms with E-state index in [0.29, 0.717) is 55.8 Å². The van der Waals surface area contributed by atoms with Crippen molar-refractivity contribution in [3.05, 3.63) is 102 Å². The molecule has 43 heavy (non-hydrogen) atoms. The zero-order valence-corrected chi connectivity index (χ0v) is 25.2. The van der Waals surface area contributed by atoms with Crippen LogP contribution in [0.5, 0.6) is 11.5 Å². The number of benzene rings is 2. The van der Waals surface area contributed by atoms with E-state index in [2.05, 4.69) is 4.99 Å². The van der Waals surface area contributed by atoms with Gasteiger partial charge in [0.05, 0.1) is 48.8 Å². The van der Waals surface area contributed by atoms with Crippen molar-refractivity contribution in [3.8, 4) is 22.8 Å². The first kappa shape index (κ1) is 29.6. The van der Waals surface area contributed by atoms with Gasteiger partial charge in [-0.25, -0.2) is 14.6 Å². The first-order chi connectivity index (χ1) is 20.8. The molecule has 0 saturated heterocycles. The Morgan fingerprint density at radius 3 is 2.37 bits per heavy atom. The van der Waals surface area contributed by atoms with Crippen molar-refractivity contribution in [2.45, 2.75) is 26.8 Å². The molecule has 11 heteroatoms. The van der Waals surface area contributed by atoms with Crippen molar-refractivity contribution >= 4 is 29.4 Å². The Morgan fingerprint density at radius 2 is 1.70 bits per heavy atom. The highest BCUT2D eigenvalue weighted by atomic mass is 32.1. The van der Waals surface area contributed by atoms with Crippen LogP contribution in [0.1, 0.15) is 48.5 Å². The Kier molecular flexibility index (Phi) is 8.63. The minimum atomic E-state index is -0.868. The third-order valence-electron chi connectivity index (χ3n) is 6.83. The van der Waals surface area contributed by atoms with Crippen LogP contribution < -0.4 is 24.4 Å². The van der Waals surface area contributed by atoms with E-state index >= 15 is 0 Å². The lowest BCUT2D eigenvalue weighted by molar-refractivity contribution is -0.139. The normalized spacial score (nSPS) is 14.6. The minimum absolute atomic E-state index is 0.161. The molecule has 0 unspecified atom stereocenters. The second-order valence-corrected chi connectivity index (χ2v) is 10.4. The Labute approximate surface area is 251 Å². The minimum Gasteiger partial charge on any atom is -0.497 e. The van der Waals surface area contributed by atoms with Crippen LogP contribution in [0, 0.1) is 0 Å². The van der Waals surface area contributed by atoms with Gasteiger partial charge < -0.3 is 23.4 Å². The maximum Gasteiger partial charge on any atom is 0.338 e. The first-order valence-corrected chi connectivity index (χ1v) is 14.4. The summed E-state index contributed by atoms with van der Waals surface area (Å²) < 4.78 is 29.4. The fraction of sp³-hybridized carbons (Fsp3) is 0.250. The van der Waals surface area contributed by atoms with Crippen molar-refractivity contribution < 1.29 is 33.0 Å². The zero-order valence-electron chi connectivity index (χ0n) is 24.3. The van der Waals surface area contributed by atoms with Gasteiger partial charge in [-0.15, -0.1) is 0 Å². The quantitative estimate of drug-likeness (QED) is 0.261.